The van der Waals surface area contributed by atoms with Crippen LogP contribution in [0.2, 0.25) is 0 Å². The molecule has 1 aliphatic rings. The number of rotatable bonds is 8. The molecule has 0 aromatic carbocycles. The van der Waals surface area contributed by atoms with Crippen LogP contribution in [-0.4, -0.2) is 28.5 Å². The minimum absolute atomic E-state index is 0.273. The maximum absolute atomic E-state index is 5.97. The highest BCUT2D eigenvalue weighted by molar-refractivity contribution is 5.12. The molecule has 1 atom stereocenters. The summed E-state index contributed by atoms with van der Waals surface area (Å²) in [4.78, 5) is 0. The molecule has 1 aliphatic carbocycles. The lowest BCUT2D eigenvalue weighted by Crippen LogP contribution is -2.32. The molecule has 2 rings (SSSR count). The normalized spacial score (nSPS) is 17.1. The number of aromatic nitrogens is 2. The molecule has 1 saturated carbocycles. The van der Waals surface area contributed by atoms with Crippen LogP contribution in [0.5, 0.6) is 5.75 Å². The van der Waals surface area contributed by atoms with Crippen LogP contribution in [0, 0.1) is 0 Å². The standard InChI is InChI=1S/C13H23N3O/c1-3-5-12(8-14-11-6-7-11)17-13-9-15-16(4-2)10-13/h9-12,14H,3-8H2,1-2H3. The molecule has 1 fully saturated rings. The summed E-state index contributed by atoms with van der Waals surface area (Å²) in [7, 11) is 0. The van der Waals surface area contributed by atoms with Crippen molar-refractivity contribution in [3.8, 4) is 5.75 Å². The molecule has 1 N–H and O–H groups in total. The van der Waals surface area contributed by atoms with Crippen molar-refractivity contribution < 1.29 is 4.74 Å². The third kappa shape index (κ3) is 4.04. The summed E-state index contributed by atoms with van der Waals surface area (Å²) in [5.74, 6) is 0.892. The summed E-state index contributed by atoms with van der Waals surface area (Å²) in [6.07, 6.45) is 8.95. The maximum atomic E-state index is 5.97. The Morgan fingerprint density at radius 3 is 2.94 bits per heavy atom. The highest BCUT2D eigenvalue weighted by Gasteiger charge is 2.22. The molecule has 0 aliphatic heterocycles. The summed E-state index contributed by atoms with van der Waals surface area (Å²) in [6, 6.07) is 0.747. The monoisotopic (exact) mass is 237 g/mol. The average Bonchev–Trinajstić information content (AvgIpc) is 3.05. The molecule has 0 saturated heterocycles. The summed E-state index contributed by atoms with van der Waals surface area (Å²) in [5.41, 5.74) is 0. The summed E-state index contributed by atoms with van der Waals surface area (Å²) in [5, 5.41) is 7.76. The quantitative estimate of drug-likeness (QED) is 0.753. The topological polar surface area (TPSA) is 39.1 Å². The number of hydrogen-bond acceptors (Lipinski definition) is 3. The van der Waals surface area contributed by atoms with E-state index in [0.717, 1.165) is 37.7 Å². The first-order chi connectivity index (χ1) is 8.31. The van der Waals surface area contributed by atoms with Crippen molar-refractivity contribution in [2.75, 3.05) is 6.54 Å². The molecule has 0 bridgehead atoms. The number of hydrogen-bond donors (Lipinski definition) is 1. The second-order valence-corrected chi connectivity index (χ2v) is 4.74. The molecular weight excluding hydrogens is 214 g/mol. The van der Waals surface area contributed by atoms with Crippen LogP contribution in [0.4, 0.5) is 0 Å². The van der Waals surface area contributed by atoms with E-state index < -0.39 is 0 Å². The smallest absolute Gasteiger partial charge is 0.157 e. The fourth-order valence-corrected chi connectivity index (χ4v) is 1.88. The second kappa shape index (κ2) is 6.05. The Labute approximate surface area is 103 Å². The zero-order valence-electron chi connectivity index (χ0n) is 10.9. The van der Waals surface area contributed by atoms with E-state index in [1.807, 2.05) is 17.1 Å². The van der Waals surface area contributed by atoms with Gasteiger partial charge in [0.1, 0.15) is 6.10 Å². The molecule has 96 valence electrons. The largest absolute Gasteiger partial charge is 0.486 e. The minimum Gasteiger partial charge on any atom is -0.486 e. The van der Waals surface area contributed by atoms with Crippen LogP contribution in [0.1, 0.15) is 39.5 Å². The van der Waals surface area contributed by atoms with Gasteiger partial charge < -0.3 is 10.1 Å². The molecule has 4 nitrogen and oxygen atoms in total. The van der Waals surface area contributed by atoms with E-state index in [-0.39, 0.29) is 6.10 Å². The van der Waals surface area contributed by atoms with Gasteiger partial charge in [-0.1, -0.05) is 13.3 Å². The third-order valence-corrected chi connectivity index (χ3v) is 3.06. The van der Waals surface area contributed by atoms with Crippen molar-refractivity contribution in [1.82, 2.24) is 15.1 Å². The van der Waals surface area contributed by atoms with Crippen LogP contribution in [0.3, 0.4) is 0 Å². The second-order valence-electron chi connectivity index (χ2n) is 4.74. The molecule has 1 aromatic rings. The maximum Gasteiger partial charge on any atom is 0.157 e. The number of aryl methyl sites for hydroxylation is 1. The van der Waals surface area contributed by atoms with E-state index in [2.05, 4.69) is 24.3 Å². The van der Waals surface area contributed by atoms with Crippen LogP contribution in [0.15, 0.2) is 12.4 Å². The Morgan fingerprint density at radius 2 is 2.35 bits per heavy atom. The minimum atomic E-state index is 0.273. The van der Waals surface area contributed by atoms with Crippen molar-refractivity contribution in [3.05, 3.63) is 12.4 Å². The molecule has 0 radical (unpaired) electrons. The van der Waals surface area contributed by atoms with E-state index in [0.29, 0.717) is 0 Å². The van der Waals surface area contributed by atoms with E-state index in [9.17, 15) is 0 Å². The van der Waals surface area contributed by atoms with Gasteiger partial charge in [-0.2, -0.15) is 5.10 Å². The summed E-state index contributed by atoms with van der Waals surface area (Å²) in [6.45, 7) is 6.12. The molecule has 0 amide bonds. The zero-order valence-corrected chi connectivity index (χ0v) is 10.9. The molecule has 1 unspecified atom stereocenters. The van der Waals surface area contributed by atoms with Crippen LogP contribution < -0.4 is 10.1 Å². The molecule has 0 spiro atoms. The van der Waals surface area contributed by atoms with Crippen LogP contribution in [0.25, 0.3) is 0 Å². The Hall–Kier alpha value is -1.03. The van der Waals surface area contributed by atoms with Gasteiger partial charge in [-0.25, -0.2) is 0 Å². The van der Waals surface area contributed by atoms with Crippen molar-refractivity contribution in [1.29, 1.82) is 0 Å². The Bertz CT molecular complexity index is 333. The van der Waals surface area contributed by atoms with E-state index >= 15 is 0 Å². The van der Waals surface area contributed by atoms with Crippen LogP contribution >= 0.6 is 0 Å². The van der Waals surface area contributed by atoms with E-state index in [1.165, 1.54) is 12.8 Å². The molecule has 17 heavy (non-hydrogen) atoms. The van der Waals surface area contributed by atoms with Gasteiger partial charge in [0, 0.05) is 19.1 Å². The lowest BCUT2D eigenvalue weighted by atomic mass is 10.2. The number of nitrogens with zero attached hydrogens (tertiary/aromatic N) is 2. The van der Waals surface area contributed by atoms with Gasteiger partial charge in [0.05, 0.1) is 12.4 Å². The molecule has 1 heterocycles. The fourth-order valence-electron chi connectivity index (χ4n) is 1.88. The predicted octanol–water partition coefficient (Wildman–Crippen LogP) is 2.20. The average molecular weight is 237 g/mol. The lowest BCUT2D eigenvalue weighted by molar-refractivity contribution is 0.185. The van der Waals surface area contributed by atoms with E-state index in [1.54, 1.807) is 0 Å². The highest BCUT2D eigenvalue weighted by Crippen LogP contribution is 2.19. The van der Waals surface area contributed by atoms with Gasteiger partial charge in [-0.3, -0.25) is 4.68 Å². The number of ether oxygens (including phenoxy) is 1. The lowest BCUT2D eigenvalue weighted by Gasteiger charge is -2.17. The molecule has 1 aromatic heterocycles. The van der Waals surface area contributed by atoms with Crippen molar-refractivity contribution in [2.24, 2.45) is 0 Å². The highest BCUT2D eigenvalue weighted by atomic mass is 16.5. The fraction of sp³-hybridized carbons (Fsp3) is 0.769. The summed E-state index contributed by atoms with van der Waals surface area (Å²) < 4.78 is 7.87. The van der Waals surface area contributed by atoms with Gasteiger partial charge in [0.25, 0.3) is 0 Å². The van der Waals surface area contributed by atoms with Crippen molar-refractivity contribution in [3.63, 3.8) is 0 Å². The Kier molecular flexibility index (Phi) is 4.42. The van der Waals surface area contributed by atoms with Crippen LogP contribution in [-0.2, 0) is 6.54 Å². The van der Waals surface area contributed by atoms with Crippen molar-refractivity contribution >= 4 is 0 Å². The van der Waals surface area contributed by atoms with Gasteiger partial charge >= 0.3 is 0 Å². The van der Waals surface area contributed by atoms with E-state index in [4.69, 9.17) is 4.74 Å². The summed E-state index contributed by atoms with van der Waals surface area (Å²) >= 11 is 0. The van der Waals surface area contributed by atoms with Gasteiger partial charge in [-0.15, -0.1) is 0 Å². The first-order valence-corrected chi connectivity index (χ1v) is 6.74. The Balaban J connectivity index is 1.81. The molecular formula is C13H23N3O. The predicted molar refractivity (Wildman–Crippen MR) is 68.2 cm³/mol. The zero-order chi connectivity index (χ0) is 12.1. The van der Waals surface area contributed by atoms with Gasteiger partial charge in [0.15, 0.2) is 5.75 Å². The molecule has 4 heteroatoms. The first kappa shape index (κ1) is 12.4. The van der Waals surface area contributed by atoms with Gasteiger partial charge in [0.2, 0.25) is 0 Å². The first-order valence-electron chi connectivity index (χ1n) is 6.74. The number of nitrogens with one attached hydrogen (secondary N) is 1. The SMILES string of the molecule is CCCC(CNC1CC1)Oc1cnn(CC)c1. The Morgan fingerprint density at radius 1 is 1.53 bits per heavy atom. The third-order valence-electron chi connectivity index (χ3n) is 3.06. The van der Waals surface area contributed by atoms with Gasteiger partial charge in [-0.05, 0) is 26.2 Å². The van der Waals surface area contributed by atoms with Crippen molar-refractivity contribution in [2.45, 2.75) is 58.2 Å².